The summed E-state index contributed by atoms with van der Waals surface area (Å²) < 4.78 is 54.7. The van der Waals surface area contributed by atoms with Crippen molar-refractivity contribution in [1.29, 1.82) is 0 Å². The summed E-state index contributed by atoms with van der Waals surface area (Å²) >= 11 is 14.2. The van der Waals surface area contributed by atoms with Crippen LogP contribution in [0.3, 0.4) is 0 Å². The monoisotopic (exact) mass is 1830 g/mol. The number of primary amides is 3. The molecule has 692 valence electrons. The molecule has 0 aliphatic carbocycles. The molecule has 27 N–H and O–H groups in total. The molecule has 0 aromatic heterocycles. The van der Waals surface area contributed by atoms with Crippen LogP contribution in [0, 0.1) is 5.92 Å². The number of rotatable bonds is 28. The van der Waals surface area contributed by atoms with E-state index in [9.17, 15) is 94.2 Å². The number of carbonyl (C=O) groups is 11. The Morgan fingerprint density at radius 2 is 1.35 bits per heavy atom. The van der Waals surface area contributed by atoms with Crippen LogP contribution in [0.2, 0.25) is 10.0 Å². The van der Waals surface area contributed by atoms with E-state index < -0.39 is 273 Å². The minimum atomic E-state index is -2.37. The molecule has 2 fully saturated rings. The van der Waals surface area contributed by atoms with E-state index in [4.69, 9.17) is 88.8 Å². The molecule has 9 bridgehead atoms. The average molecular weight is 1830 g/mol. The summed E-state index contributed by atoms with van der Waals surface area (Å²) in [6.07, 6.45) is -20.2. The molecule has 6 heterocycles. The highest BCUT2D eigenvalue weighted by atomic mass is 35.5. The number of methoxy groups -OCH3 is 1. The van der Waals surface area contributed by atoms with Crippen molar-refractivity contribution in [3.63, 3.8) is 0 Å². The standard InChI is InChI=1S/C83H101Cl2N13O30/c1-34(2)21-46(90-5)77(115)98-67-68(108)38-9-13-52(44(85)24-38)125-55-26-39-25-54(72(55)128-82-73(71(111)70(110)56(32-99)126-82)127-61-31-83(4,89)74(112)35(3)123-61)124-51-12-8-36(23-43(51)84)49(102)30-60(107)95-66(79(117)92-33-122-20-19-121-18-17-91-58(105)15-16-59(106)93-45-10-14-53(120-6)63(69(45)109)75(87)113)42-27-40(100)28-50(103)62(42)41-22-37(7-11-48(41)101)64(76(88)114)96-80(118)65(39)97-78(116)47(29-57(86)104)94-81(67)119/h7-14,22-28,34-35,46-47,49,56,61,64-68,70-71,73-74,82,90,99-103,108-112H,15-21,29-33,89H2,1-6H3,(H2,86,104)(H2,87,113)(H2,88,114)(H,91,105)(H,92,117)(H,93,106)(H,94,119)(H,95,107)(H,96,118)(H,97,116)(H,98,115)/t35-,46-,47+,49+,56+,61-,64-,65-,66?,67-,68-,70-,71+,73+,74-,82?,83+/m1/s1. The predicted octanol–water partition coefficient (Wildman–Crippen LogP) is -0.146. The van der Waals surface area contributed by atoms with Gasteiger partial charge in [0.15, 0.2) is 29.6 Å². The molecule has 11 amide bonds. The highest BCUT2D eigenvalue weighted by Gasteiger charge is 2.51. The van der Waals surface area contributed by atoms with Crippen molar-refractivity contribution in [2.24, 2.45) is 28.9 Å². The van der Waals surface area contributed by atoms with Crippen molar-refractivity contribution in [2.45, 2.75) is 169 Å². The van der Waals surface area contributed by atoms with Gasteiger partial charge in [0, 0.05) is 48.5 Å². The van der Waals surface area contributed by atoms with E-state index in [0.717, 1.165) is 60.7 Å². The Labute approximate surface area is 740 Å². The van der Waals surface area contributed by atoms with Gasteiger partial charge in [0.1, 0.15) is 101 Å². The quantitative estimate of drug-likeness (QED) is 0.0173. The van der Waals surface area contributed by atoms with Crippen molar-refractivity contribution in [3.05, 3.63) is 134 Å². The summed E-state index contributed by atoms with van der Waals surface area (Å²) in [6.45, 7) is 4.37. The van der Waals surface area contributed by atoms with Gasteiger partial charge in [-0.15, -0.1) is 0 Å². The van der Waals surface area contributed by atoms with Crippen LogP contribution in [0.1, 0.15) is 135 Å². The van der Waals surface area contributed by atoms with Crippen molar-refractivity contribution >= 4 is 93.9 Å². The lowest BCUT2D eigenvalue weighted by atomic mass is 9.86. The number of phenolic OH excluding ortho intramolecular Hbond substituents is 3. The van der Waals surface area contributed by atoms with Crippen LogP contribution >= 0.6 is 23.2 Å². The molecule has 17 atom stereocenters. The molecule has 12 rings (SSSR count). The van der Waals surface area contributed by atoms with E-state index in [0.29, 0.717) is 0 Å². The van der Waals surface area contributed by atoms with Gasteiger partial charge in [-0.3, -0.25) is 52.7 Å². The Bertz CT molecular complexity index is 5150. The molecular formula is C83H101Cl2N13O30. The molecule has 0 radical (unpaired) electrons. The van der Waals surface area contributed by atoms with E-state index >= 15 is 9.59 Å². The second kappa shape index (κ2) is 43.2. The molecule has 6 aliphatic heterocycles. The molecule has 6 aliphatic rings. The summed E-state index contributed by atoms with van der Waals surface area (Å²) in [6, 6.07) is 4.28. The average Bonchev–Trinajstić information content (AvgIpc) is 0.771. The Kier molecular flexibility index (Phi) is 33.1. The van der Waals surface area contributed by atoms with Crippen LogP contribution in [-0.2, 0) is 71.6 Å². The lowest BCUT2D eigenvalue weighted by Crippen LogP contribution is -2.64. The van der Waals surface area contributed by atoms with Gasteiger partial charge >= 0.3 is 0 Å². The third-order valence-electron chi connectivity index (χ3n) is 21.1. The molecule has 45 heteroatoms. The first-order valence-corrected chi connectivity index (χ1v) is 40.8. The van der Waals surface area contributed by atoms with Crippen LogP contribution in [0.15, 0.2) is 91.0 Å². The number of benzene rings is 6. The third-order valence-corrected chi connectivity index (χ3v) is 21.7. The van der Waals surface area contributed by atoms with Crippen molar-refractivity contribution in [2.75, 3.05) is 59.2 Å². The first kappa shape index (κ1) is 98.1. The second-order valence-electron chi connectivity index (χ2n) is 31.1. The Balaban J connectivity index is 1.04. The van der Waals surface area contributed by atoms with Gasteiger partial charge < -0.3 is 164 Å². The minimum Gasteiger partial charge on any atom is -0.508 e. The number of halogens is 2. The number of nitrogens with two attached hydrogens (primary N) is 4. The van der Waals surface area contributed by atoms with E-state index in [1.165, 1.54) is 58.3 Å². The fourth-order valence-corrected chi connectivity index (χ4v) is 15.0. The maximum Gasteiger partial charge on any atom is 0.256 e. The first-order valence-electron chi connectivity index (χ1n) is 40.0. The number of phenols is 4. The number of anilines is 1. The van der Waals surface area contributed by atoms with Gasteiger partial charge in [-0.1, -0.05) is 55.2 Å². The lowest BCUT2D eigenvalue weighted by Gasteiger charge is -2.47. The lowest BCUT2D eigenvalue weighted by molar-refractivity contribution is -0.333. The van der Waals surface area contributed by atoms with Gasteiger partial charge in [0.2, 0.25) is 71.1 Å². The second-order valence-corrected chi connectivity index (χ2v) is 31.9. The molecule has 0 saturated carbocycles. The highest BCUT2D eigenvalue weighted by Crippen LogP contribution is 2.50. The third kappa shape index (κ3) is 24.0. The van der Waals surface area contributed by atoms with Crippen LogP contribution < -0.4 is 89.7 Å². The first-order chi connectivity index (χ1) is 60.6. The summed E-state index contributed by atoms with van der Waals surface area (Å²) in [7, 11) is 2.71. The fraction of sp³-hybridized carbons (Fsp3) is 0.434. The van der Waals surface area contributed by atoms with Crippen molar-refractivity contribution in [1.82, 2.24) is 42.5 Å². The number of aromatic hydroxyl groups is 4. The largest absolute Gasteiger partial charge is 0.508 e. The number of hydrogen-bond acceptors (Lipinski definition) is 32. The van der Waals surface area contributed by atoms with Gasteiger partial charge in [-0.25, -0.2) is 0 Å². The molecule has 0 spiro atoms. The minimum absolute atomic E-state index is 0.0389. The molecule has 2 unspecified atom stereocenters. The van der Waals surface area contributed by atoms with Crippen LogP contribution in [0.4, 0.5) is 5.69 Å². The molecule has 6 aromatic rings. The van der Waals surface area contributed by atoms with Crippen LogP contribution in [-0.4, -0.2) is 243 Å². The van der Waals surface area contributed by atoms with Crippen molar-refractivity contribution in [3.8, 4) is 68.6 Å². The number of hydrogen-bond donors (Lipinski definition) is 23. The van der Waals surface area contributed by atoms with Gasteiger partial charge in [0.05, 0.1) is 86.5 Å². The fourth-order valence-electron chi connectivity index (χ4n) is 14.5. The number of nitrogens with one attached hydrogen (secondary N) is 9. The Morgan fingerprint density at radius 3 is 1.98 bits per heavy atom. The molecule has 43 nitrogen and oxygen atoms in total. The number of ether oxygens (including phenoxy) is 9. The van der Waals surface area contributed by atoms with E-state index in [-0.39, 0.29) is 97.4 Å². The van der Waals surface area contributed by atoms with E-state index in [1.54, 1.807) is 0 Å². The zero-order chi connectivity index (χ0) is 93.6. The van der Waals surface area contributed by atoms with E-state index in [2.05, 4.69) is 47.9 Å². The Morgan fingerprint density at radius 1 is 0.695 bits per heavy atom. The van der Waals surface area contributed by atoms with Crippen molar-refractivity contribution < 1.29 is 146 Å². The number of amides is 11. The van der Waals surface area contributed by atoms with Gasteiger partial charge in [-0.2, -0.15) is 0 Å². The smallest absolute Gasteiger partial charge is 0.256 e. The van der Waals surface area contributed by atoms with Gasteiger partial charge in [0.25, 0.3) is 5.91 Å². The zero-order valence-corrected chi connectivity index (χ0v) is 71.2. The van der Waals surface area contributed by atoms with Crippen LogP contribution in [0.5, 0.6) is 57.5 Å². The predicted molar refractivity (Wildman–Crippen MR) is 447 cm³/mol. The normalized spacial score (nSPS) is 24.6. The maximum atomic E-state index is 16.0. The zero-order valence-electron chi connectivity index (χ0n) is 69.7. The summed E-state index contributed by atoms with van der Waals surface area (Å²) in [5, 5.41) is 137. The SMILES string of the molecule is CN[C@H](CC(C)C)C(=O)N[C@H]1C(=O)N[C@@H](CC(N)=O)C(=O)N[C@H]2C(=O)N[C@@H](C(N)=O)c3ccc(O)c(c3)-c3c(O)cc(O)cc3C(C(=O)NCOCCOCCNC(=O)CCC(=O)Nc3ccc(OC)c(C(N)=O)c3O)NC(=O)C[C@H](O)c3ccc(c(Cl)c3)Oc3cc2cc(c3OC2O[C@@H](CO)[C@@H](O)[C@H](O)[C@@H]2O[C@@H]2C[C@](C)(N)[C@H](O)[C@@H](C)O2)Oc2ccc(cc2Cl)[C@H]1O. The number of likely N-dealkylation sites (N-methyl/N-ethyl adjacent to an activating group) is 1. The number of fused-ring (bicyclic) bond motifs is 16. The topological polar surface area (TPSA) is 685 Å². The molecular weight excluding hydrogens is 1730 g/mol. The summed E-state index contributed by atoms with van der Waals surface area (Å²) in [4.78, 5) is 155. The highest BCUT2D eigenvalue weighted by molar-refractivity contribution is 6.32. The van der Waals surface area contributed by atoms with E-state index in [1.807, 2.05) is 13.8 Å². The summed E-state index contributed by atoms with van der Waals surface area (Å²) in [5.74, 6) is -18.4. The number of aliphatic hydroxyl groups excluding tert-OH is 6. The molecule has 128 heavy (non-hydrogen) atoms. The number of aliphatic hydroxyl groups is 6. The summed E-state index contributed by atoms with van der Waals surface area (Å²) in [5.41, 5.74) is 19.1. The van der Waals surface area contributed by atoms with Gasteiger partial charge in [-0.05, 0) is 128 Å². The maximum absolute atomic E-state index is 16.0. The Hall–Kier alpha value is -12.1. The van der Waals surface area contributed by atoms with Crippen LogP contribution in [0.25, 0.3) is 11.1 Å². The molecule has 6 aromatic carbocycles. The number of carbonyl (C=O) groups excluding carboxylic acids is 11. The molecule has 2 saturated heterocycles.